The van der Waals surface area contributed by atoms with E-state index in [4.69, 9.17) is 0 Å². The van der Waals surface area contributed by atoms with E-state index in [2.05, 4.69) is 47.4 Å². The molecule has 1 heterocycles. The van der Waals surface area contributed by atoms with Crippen LogP contribution in [0.15, 0.2) is 6.20 Å². The number of carbonyl (C=O) groups is 1. The standard InChI is InChI=1S/C6H5BrN4O/c7-2-1-6(12)8-3-5-4-9-11-10-5/h4H,3H2,(H,8,12)(H,9,10,11). The van der Waals surface area contributed by atoms with Gasteiger partial charge in [0.15, 0.2) is 0 Å². The fourth-order valence-corrected chi connectivity index (χ4v) is 0.749. The number of hydrogen-bond acceptors (Lipinski definition) is 3. The van der Waals surface area contributed by atoms with Crippen molar-refractivity contribution in [2.75, 3.05) is 0 Å². The van der Waals surface area contributed by atoms with Crippen molar-refractivity contribution < 1.29 is 4.79 Å². The Morgan fingerprint density at radius 2 is 2.67 bits per heavy atom. The van der Waals surface area contributed by atoms with Crippen LogP contribution in [0.4, 0.5) is 0 Å². The number of H-pyrrole nitrogens is 1. The van der Waals surface area contributed by atoms with Crippen molar-refractivity contribution >= 4 is 21.8 Å². The second kappa shape index (κ2) is 4.51. The van der Waals surface area contributed by atoms with Crippen LogP contribution >= 0.6 is 15.9 Å². The number of carbonyl (C=O) groups excluding carboxylic acids is 1. The van der Waals surface area contributed by atoms with Crippen LogP contribution < -0.4 is 5.32 Å². The van der Waals surface area contributed by atoms with Gasteiger partial charge in [-0.1, -0.05) is 0 Å². The quantitative estimate of drug-likeness (QED) is 0.688. The lowest BCUT2D eigenvalue weighted by atomic mass is 10.4. The smallest absolute Gasteiger partial charge is 0.297 e. The van der Waals surface area contributed by atoms with Crippen LogP contribution in [0.2, 0.25) is 0 Å². The SMILES string of the molecule is O=C(C#CBr)NCc1cn[nH]n1. The number of nitrogens with zero attached hydrogens (tertiary/aromatic N) is 2. The summed E-state index contributed by atoms with van der Waals surface area (Å²) in [5, 5.41) is 12.3. The van der Waals surface area contributed by atoms with E-state index in [1.807, 2.05) is 0 Å². The molecule has 12 heavy (non-hydrogen) atoms. The molecule has 0 aromatic carbocycles. The molecule has 6 heteroatoms. The lowest BCUT2D eigenvalue weighted by Crippen LogP contribution is -2.20. The van der Waals surface area contributed by atoms with Crippen molar-refractivity contribution in [1.29, 1.82) is 0 Å². The van der Waals surface area contributed by atoms with E-state index in [1.165, 1.54) is 6.20 Å². The molecule has 0 aliphatic carbocycles. The van der Waals surface area contributed by atoms with Gasteiger partial charge in [0.25, 0.3) is 5.91 Å². The molecule has 0 aliphatic rings. The molecule has 0 aliphatic heterocycles. The third kappa shape index (κ3) is 2.72. The van der Waals surface area contributed by atoms with E-state index >= 15 is 0 Å². The summed E-state index contributed by atoms with van der Waals surface area (Å²) in [4.78, 5) is 13.1. The highest BCUT2D eigenvalue weighted by Crippen LogP contribution is 1.85. The van der Waals surface area contributed by atoms with E-state index in [0.717, 1.165) is 0 Å². The van der Waals surface area contributed by atoms with Crippen molar-refractivity contribution in [3.8, 4) is 10.8 Å². The highest BCUT2D eigenvalue weighted by atomic mass is 79.9. The third-order valence-electron chi connectivity index (χ3n) is 1.06. The van der Waals surface area contributed by atoms with Crippen molar-refractivity contribution in [3.63, 3.8) is 0 Å². The largest absolute Gasteiger partial charge is 0.339 e. The Labute approximate surface area is 77.1 Å². The summed E-state index contributed by atoms with van der Waals surface area (Å²) in [6, 6.07) is 0. The Hall–Kier alpha value is -1.35. The summed E-state index contributed by atoms with van der Waals surface area (Å²) >= 11 is 2.81. The number of rotatable bonds is 2. The first kappa shape index (κ1) is 8.74. The summed E-state index contributed by atoms with van der Waals surface area (Å²) in [5.74, 6) is 1.91. The van der Waals surface area contributed by atoms with Crippen LogP contribution in [-0.4, -0.2) is 21.3 Å². The van der Waals surface area contributed by atoms with Crippen LogP contribution in [0, 0.1) is 10.8 Å². The van der Waals surface area contributed by atoms with Crippen LogP contribution in [0.25, 0.3) is 0 Å². The zero-order chi connectivity index (χ0) is 8.81. The average Bonchev–Trinajstić information content (AvgIpc) is 2.53. The van der Waals surface area contributed by atoms with Gasteiger partial charge in [0.05, 0.1) is 12.7 Å². The highest BCUT2D eigenvalue weighted by molar-refractivity contribution is 9.12. The van der Waals surface area contributed by atoms with Gasteiger partial charge in [-0.3, -0.25) is 4.79 Å². The third-order valence-corrected chi connectivity index (χ3v) is 1.25. The fourth-order valence-electron chi connectivity index (χ4n) is 0.568. The molecule has 1 aromatic rings. The minimum atomic E-state index is -0.352. The van der Waals surface area contributed by atoms with E-state index < -0.39 is 0 Å². The van der Waals surface area contributed by atoms with Gasteiger partial charge in [-0.05, 0) is 4.83 Å². The number of amides is 1. The van der Waals surface area contributed by atoms with E-state index in [1.54, 1.807) is 0 Å². The molecule has 62 valence electrons. The Balaban J connectivity index is 2.35. The van der Waals surface area contributed by atoms with E-state index in [-0.39, 0.29) is 5.91 Å². The van der Waals surface area contributed by atoms with Gasteiger partial charge < -0.3 is 5.32 Å². The molecular formula is C6H5BrN4O. The number of aromatic nitrogens is 3. The molecule has 1 amide bonds. The Bertz CT molecular complexity index is 310. The predicted octanol–water partition coefficient (Wildman–Crippen LogP) is -0.223. The zero-order valence-electron chi connectivity index (χ0n) is 5.97. The van der Waals surface area contributed by atoms with Crippen LogP contribution in [0.1, 0.15) is 5.69 Å². The lowest BCUT2D eigenvalue weighted by Gasteiger charge is -1.93. The maximum absolute atomic E-state index is 10.8. The minimum Gasteiger partial charge on any atom is -0.339 e. The molecule has 0 fully saturated rings. The van der Waals surface area contributed by atoms with Crippen LogP contribution in [-0.2, 0) is 11.3 Å². The second-order valence-corrected chi connectivity index (χ2v) is 2.26. The van der Waals surface area contributed by atoms with Crippen molar-refractivity contribution in [3.05, 3.63) is 11.9 Å². The lowest BCUT2D eigenvalue weighted by molar-refractivity contribution is -0.115. The topological polar surface area (TPSA) is 70.7 Å². The zero-order valence-corrected chi connectivity index (χ0v) is 7.55. The maximum Gasteiger partial charge on any atom is 0.297 e. The van der Waals surface area contributed by atoms with Crippen molar-refractivity contribution in [2.45, 2.75) is 6.54 Å². The van der Waals surface area contributed by atoms with Gasteiger partial charge in [0, 0.05) is 21.9 Å². The monoisotopic (exact) mass is 228 g/mol. The summed E-state index contributed by atoms with van der Waals surface area (Å²) in [7, 11) is 0. The van der Waals surface area contributed by atoms with E-state index in [0.29, 0.717) is 12.2 Å². The Kier molecular flexibility index (Phi) is 3.29. The summed E-state index contributed by atoms with van der Waals surface area (Å²) in [6.07, 6.45) is 1.53. The predicted molar refractivity (Wildman–Crippen MR) is 44.9 cm³/mol. The van der Waals surface area contributed by atoms with Gasteiger partial charge in [0.1, 0.15) is 5.69 Å². The molecule has 0 spiro atoms. The number of hydrogen-bond donors (Lipinski definition) is 2. The molecule has 0 saturated carbocycles. The highest BCUT2D eigenvalue weighted by Gasteiger charge is 1.97. The van der Waals surface area contributed by atoms with Gasteiger partial charge in [0.2, 0.25) is 0 Å². The molecule has 0 radical (unpaired) electrons. The van der Waals surface area contributed by atoms with Gasteiger partial charge in [-0.2, -0.15) is 15.4 Å². The molecule has 5 nitrogen and oxygen atoms in total. The number of halogens is 1. The summed E-state index contributed by atoms with van der Waals surface area (Å²) in [6.45, 7) is 0.330. The maximum atomic E-state index is 10.8. The molecule has 2 N–H and O–H groups in total. The Morgan fingerprint density at radius 3 is 3.25 bits per heavy atom. The molecule has 1 rings (SSSR count). The summed E-state index contributed by atoms with van der Waals surface area (Å²) < 4.78 is 0. The average molecular weight is 229 g/mol. The van der Waals surface area contributed by atoms with Crippen LogP contribution in [0.3, 0.4) is 0 Å². The number of aromatic amines is 1. The fraction of sp³-hybridized carbons (Fsp3) is 0.167. The van der Waals surface area contributed by atoms with Crippen LogP contribution in [0.5, 0.6) is 0 Å². The van der Waals surface area contributed by atoms with Gasteiger partial charge >= 0.3 is 0 Å². The minimum absolute atomic E-state index is 0.330. The first-order chi connectivity index (χ1) is 5.83. The number of nitrogens with one attached hydrogen (secondary N) is 2. The molecule has 0 unspecified atom stereocenters. The molecule has 0 bridgehead atoms. The first-order valence-electron chi connectivity index (χ1n) is 3.07. The van der Waals surface area contributed by atoms with Gasteiger partial charge in [-0.15, -0.1) is 0 Å². The second-order valence-electron chi connectivity index (χ2n) is 1.86. The molecule has 1 aromatic heterocycles. The normalized spacial score (nSPS) is 8.42. The molecule has 0 atom stereocenters. The van der Waals surface area contributed by atoms with E-state index in [9.17, 15) is 4.79 Å². The van der Waals surface area contributed by atoms with Gasteiger partial charge in [-0.25, -0.2) is 0 Å². The Morgan fingerprint density at radius 1 is 1.83 bits per heavy atom. The molecular weight excluding hydrogens is 224 g/mol. The van der Waals surface area contributed by atoms with Crippen molar-refractivity contribution in [2.24, 2.45) is 0 Å². The summed E-state index contributed by atoms with van der Waals surface area (Å²) in [5.41, 5.74) is 0.666. The van der Waals surface area contributed by atoms with Crippen molar-refractivity contribution in [1.82, 2.24) is 20.7 Å². The molecule has 0 saturated heterocycles. The first-order valence-corrected chi connectivity index (χ1v) is 3.86.